The molecule has 2 N–H and O–H groups in total. The molecule has 2 heterocycles. The number of ketones is 1. The maximum absolute atomic E-state index is 12.3. The van der Waals surface area contributed by atoms with E-state index in [4.69, 9.17) is 0 Å². The summed E-state index contributed by atoms with van der Waals surface area (Å²) in [6.45, 7) is 5.35. The number of nitrogens with one attached hydrogen (secondary N) is 2. The highest BCUT2D eigenvalue weighted by Crippen LogP contribution is 2.41. The lowest BCUT2D eigenvalue weighted by molar-refractivity contribution is -0.118. The molecule has 0 radical (unpaired) electrons. The number of guanidine groups is 1. The highest BCUT2D eigenvalue weighted by molar-refractivity contribution is 6.15. The molecule has 1 amide bonds. The smallest absolute Gasteiger partial charge is 0.251 e. The summed E-state index contributed by atoms with van der Waals surface area (Å²) in [5.41, 5.74) is 2.49. The predicted molar refractivity (Wildman–Crippen MR) is 124 cm³/mol. The van der Waals surface area contributed by atoms with Gasteiger partial charge in [0.1, 0.15) is 5.78 Å². The Morgan fingerprint density at radius 3 is 2.81 bits per heavy atom. The van der Waals surface area contributed by atoms with Crippen molar-refractivity contribution >= 4 is 35.3 Å². The van der Waals surface area contributed by atoms with Crippen molar-refractivity contribution in [2.24, 2.45) is 26.3 Å². The van der Waals surface area contributed by atoms with Crippen LogP contribution in [0.15, 0.2) is 63.2 Å². The van der Waals surface area contributed by atoms with Gasteiger partial charge in [0, 0.05) is 36.9 Å². The first-order valence-electron chi connectivity index (χ1n) is 10.7. The molecule has 1 spiro atoms. The number of carbonyl (C=O) groups excluding carboxylic acids is 2. The lowest BCUT2D eigenvalue weighted by Gasteiger charge is -2.35. The van der Waals surface area contributed by atoms with Crippen molar-refractivity contribution in [1.29, 1.82) is 0 Å². The summed E-state index contributed by atoms with van der Waals surface area (Å²) in [6.07, 6.45) is 9.12. The monoisotopic (exact) mass is 417 g/mol. The van der Waals surface area contributed by atoms with Crippen molar-refractivity contribution in [1.82, 2.24) is 5.32 Å². The number of hydrogen-bond acceptors (Lipinski definition) is 6. The van der Waals surface area contributed by atoms with Crippen LogP contribution in [0.25, 0.3) is 0 Å². The molecule has 2 aliphatic heterocycles. The Kier molecular flexibility index (Phi) is 5.93. The maximum atomic E-state index is 12.3. The number of carbonyl (C=O) groups is 2. The van der Waals surface area contributed by atoms with Gasteiger partial charge in [-0.05, 0) is 48.8 Å². The maximum Gasteiger partial charge on any atom is 0.251 e. The molecule has 0 saturated carbocycles. The second-order valence-electron chi connectivity index (χ2n) is 8.50. The lowest BCUT2D eigenvalue weighted by atomic mass is 9.72. The van der Waals surface area contributed by atoms with Crippen LogP contribution >= 0.6 is 0 Å². The highest BCUT2D eigenvalue weighted by Gasteiger charge is 2.44. The molecule has 0 saturated heterocycles. The molecule has 1 aromatic carbocycles. The summed E-state index contributed by atoms with van der Waals surface area (Å²) >= 11 is 0. The minimum Gasteiger partial charge on any atom is -0.352 e. The van der Waals surface area contributed by atoms with Crippen molar-refractivity contribution in [3.05, 3.63) is 53.8 Å². The highest BCUT2D eigenvalue weighted by atomic mass is 16.1. The van der Waals surface area contributed by atoms with Crippen LogP contribution in [-0.2, 0) is 4.79 Å². The Morgan fingerprint density at radius 2 is 2.03 bits per heavy atom. The Bertz CT molecular complexity index is 1030. The van der Waals surface area contributed by atoms with Crippen molar-refractivity contribution in [3.8, 4) is 0 Å². The Balaban J connectivity index is 1.44. The summed E-state index contributed by atoms with van der Waals surface area (Å²) in [5, 5.41) is 6.15. The number of allylic oxidation sites excluding steroid dienone is 3. The molecule has 1 aromatic rings. The van der Waals surface area contributed by atoms with Gasteiger partial charge in [-0.3, -0.25) is 14.6 Å². The topological polar surface area (TPSA) is 95.3 Å². The zero-order valence-electron chi connectivity index (χ0n) is 17.9. The number of anilines is 1. The molecule has 1 atom stereocenters. The molecule has 1 unspecified atom stereocenters. The van der Waals surface area contributed by atoms with E-state index in [9.17, 15) is 9.59 Å². The molecule has 160 valence electrons. The van der Waals surface area contributed by atoms with Gasteiger partial charge in [-0.2, -0.15) is 0 Å². The zero-order chi connectivity index (χ0) is 21.8. The second-order valence-corrected chi connectivity index (χ2v) is 8.50. The minimum atomic E-state index is -0.568. The minimum absolute atomic E-state index is 0.0744. The van der Waals surface area contributed by atoms with E-state index in [0.29, 0.717) is 43.4 Å². The van der Waals surface area contributed by atoms with Gasteiger partial charge in [-0.1, -0.05) is 19.9 Å². The molecule has 0 aromatic heterocycles. The van der Waals surface area contributed by atoms with Crippen LogP contribution < -0.4 is 10.6 Å². The summed E-state index contributed by atoms with van der Waals surface area (Å²) < 4.78 is 0. The lowest BCUT2D eigenvalue weighted by Crippen LogP contribution is -2.41. The van der Waals surface area contributed by atoms with E-state index in [1.165, 1.54) is 0 Å². The third-order valence-electron chi connectivity index (χ3n) is 5.67. The van der Waals surface area contributed by atoms with Gasteiger partial charge in [-0.15, -0.1) is 0 Å². The Morgan fingerprint density at radius 1 is 1.23 bits per heavy atom. The zero-order valence-corrected chi connectivity index (χ0v) is 17.9. The molecule has 1 aliphatic carbocycles. The van der Waals surface area contributed by atoms with Gasteiger partial charge in [-0.25, -0.2) is 9.98 Å². The van der Waals surface area contributed by atoms with Gasteiger partial charge in [0.25, 0.3) is 5.91 Å². The first-order chi connectivity index (χ1) is 15.0. The molecule has 31 heavy (non-hydrogen) atoms. The van der Waals surface area contributed by atoms with Crippen LogP contribution in [0, 0.1) is 11.3 Å². The van der Waals surface area contributed by atoms with Crippen LogP contribution in [0.3, 0.4) is 0 Å². The number of rotatable bonds is 5. The average molecular weight is 418 g/mol. The Labute approximate surface area is 182 Å². The number of Topliss-reactive ketones (excluding diaryl/α,β-unsaturated/α-hetero) is 1. The van der Waals surface area contributed by atoms with Crippen LogP contribution in [0.1, 0.15) is 43.5 Å². The van der Waals surface area contributed by atoms with E-state index in [-0.39, 0.29) is 11.7 Å². The van der Waals surface area contributed by atoms with Gasteiger partial charge in [0.15, 0.2) is 0 Å². The van der Waals surface area contributed by atoms with Crippen molar-refractivity contribution in [3.63, 3.8) is 0 Å². The molecule has 4 rings (SSSR count). The van der Waals surface area contributed by atoms with Crippen molar-refractivity contribution in [2.75, 3.05) is 18.4 Å². The number of aliphatic imine (C=N–C) groups is 3. The molecule has 7 nitrogen and oxygen atoms in total. The van der Waals surface area contributed by atoms with E-state index in [2.05, 4.69) is 39.5 Å². The summed E-state index contributed by atoms with van der Waals surface area (Å²) in [7, 11) is 0. The molecule has 0 fully saturated rings. The largest absolute Gasteiger partial charge is 0.352 e. The number of benzene rings is 1. The molecular formula is C24H27N5O2. The molecular weight excluding hydrogens is 390 g/mol. The van der Waals surface area contributed by atoms with Gasteiger partial charge >= 0.3 is 0 Å². The molecule has 3 aliphatic rings. The van der Waals surface area contributed by atoms with Crippen LogP contribution in [0.2, 0.25) is 0 Å². The summed E-state index contributed by atoms with van der Waals surface area (Å²) in [5.74, 6) is 1.11. The van der Waals surface area contributed by atoms with Crippen molar-refractivity contribution in [2.45, 2.75) is 33.1 Å². The summed E-state index contributed by atoms with van der Waals surface area (Å²) in [4.78, 5) is 38.3. The molecule has 0 bridgehead atoms. The third-order valence-corrected chi connectivity index (χ3v) is 5.67. The van der Waals surface area contributed by atoms with E-state index >= 15 is 0 Å². The fourth-order valence-electron chi connectivity index (χ4n) is 3.88. The Hall–Kier alpha value is -3.35. The van der Waals surface area contributed by atoms with E-state index in [0.717, 1.165) is 23.5 Å². The third kappa shape index (κ3) is 4.55. The van der Waals surface area contributed by atoms with E-state index in [1.807, 2.05) is 30.4 Å². The van der Waals surface area contributed by atoms with Gasteiger partial charge in [0.05, 0.1) is 23.4 Å². The molecule has 7 heteroatoms. The van der Waals surface area contributed by atoms with Crippen LogP contribution in [0.5, 0.6) is 0 Å². The number of hydrogen-bond donors (Lipinski definition) is 2. The van der Waals surface area contributed by atoms with Gasteiger partial charge in [0.2, 0.25) is 5.96 Å². The van der Waals surface area contributed by atoms with E-state index in [1.54, 1.807) is 18.3 Å². The van der Waals surface area contributed by atoms with Gasteiger partial charge < -0.3 is 10.6 Å². The standard InChI is InChI=1S/C24H27N5O2/c1-16(2)10-12-26-22(31)17-6-8-18(9-7-17)28-23-27-15-24-14-19(30)11-13-25-20(24)4-3-5-21(24)29-23/h3-9,13,16H,10-12,14-15H2,1-2H3,(H,26,31)(H,27,28). The summed E-state index contributed by atoms with van der Waals surface area (Å²) in [6, 6.07) is 7.24. The SMILES string of the molecule is CC(C)CCNC(=O)c1ccc(NC2=NCC34CC(=O)CC=NC3=CC=CC4=N2)cc1. The fraction of sp³-hybridized carbons (Fsp3) is 0.375. The number of amides is 1. The quantitative estimate of drug-likeness (QED) is 0.767. The average Bonchev–Trinajstić information content (AvgIpc) is 2.91. The first kappa shape index (κ1) is 20.9. The normalized spacial score (nSPS) is 22.0. The van der Waals surface area contributed by atoms with Crippen molar-refractivity contribution < 1.29 is 9.59 Å². The first-order valence-corrected chi connectivity index (χ1v) is 10.7. The van der Waals surface area contributed by atoms with Crippen LogP contribution in [-0.4, -0.2) is 42.7 Å². The van der Waals surface area contributed by atoms with E-state index < -0.39 is 5.41 Å². The fourth-order valence-corrected chi connectivity index (χ4v) is 3.88. The second kappa shape index (κ2) is 8.79. The predicted octanol–water partition coefficient (Wildman–Crippen LogP) is 3.56. The number of nitrogens with zero attached hydrogens (tertiary/aromatic N) is 3. The van der Waals surface area contributed by atoms with Crippen LogP contribution in [0.4, 0.5) is 5.69 Å².